The molecule has 0 unspecified atom stereocenters. The van der Waals surface area contributed by atoms with Gasteiger partial charge in [-0.3, -0.25) is 4.79 Å². The van der Waals surface area contributed by atoms with E-state index in [9.17, 15) is 4.79 Å². The number of hydrogen-bond donors (Lipinski definition) is 0. The highest BCUT2D eigenvalue weighted by Crippen LogP contribution is 2.13. The van der Waals surface area contributed by atoms with E-state index in [1.807, 2.05) is 30.3 Å². The topological polar surface area (TPSA) is 17.1 Å². The minimum absolute atomic E-state index is 0.0319. The monoisotopic (exact) mass is 268 g/mol. The van der Waals surface area contributed by atoms with Crippen molar-refractivity contribution in [2.75, 3.05) is 0 Å². The van der Waals surface area contributed by atoms with Crippen LogP contribution in [0.25, 0.3) is 12.2 Å². The summed E-state index contributed by atoms with van der Waals surface area (Å²) in [5.74, 6) is -0.0319. The summed E-state index contributed by atoms with van der Waals surface area (Å²) in [6.07, 6.45) is 5.06. The smallest absolute Gasteiger partial charge is 0.185 e. The molecule has 1 nitrogen and oxygen atoms in total. The Bertz CT molecular complexity index is 624. The molecule has 0 amide bonds. The van der Waals surface area contributed by atoms with Crippen LogP contribution in [0.5, 0.6) is 0 Å². The number of benzene rings is 2. The molecule has 0 aliphatic rings. The number of ketones is 1. The van der Waals surface area contributed by atoms with Crippen LogP contribution in [0.15, 0.2) is 61.2 Å². The van der Waals surface area contributed by atoms with Crippen molar-refractivity contribution in [3.8, 4) is 0 Å². The molecule has 0 saturated heterocycles. The highest BCUT2D eigenvalue weighted by atomic mass is 35.5. The van der Waals surface area contributed by atoms with Gasteiger partial charge in [0, 0.05) is 10.6 Å². The fourth-order valence-electron chi connectivity index (χ4n) is 1.66. The quantitative estimate of drug-likeness (QED) is 0.571. The Morgan fingerprint density at radius 2 is 1.79 bits per heavy atom. The van der Waals surface area contributed by atoms with E-state index in [1.54, 1.807) is 36.4 Å². The zero-order valence-electron chi connectivity index (χ0n) is 10.3. The molecule has 2 rings (SSSR count). The molecule has 94 valence electrons. The molecule has 0 spiro atoms. The van der Waals surface area contributed by atoms with Crippen LogP contribution >= 0.6 is 11.6 Å². The van der Waals surface area contributed by atoms with E-state index in [-0.39, 0.29) is 5.78 Å². The molecule has 0 aromatic heterocycles. The normalized spacial score (nSPS) is 10.6. The summed E-state index contributed by atoms with van der Waals surface area (Å²) in [4.78, 5) is 12.0. The van der Waals surface area contributed by atoms with E-state index in [1.165, 1.54) is 0 Å². The summed E-state index contributed by atoms with van der Waals surface area (Å²) in [5.41, 5.74) is 2.56. The number of carbonyl (C=O) groups is 1. The molecule has 0 aliphatic heterocycles. The van der Waals surface area contributed by atoms with Crippen molar-refractivity contribution in [3.05, 3.63) is 82.9 Å². The van der Waals surface area contributed by atoms with E-state index >= 15 is 0 Å². The predicted octanol–water partition coefficient (Wildman–Crippen LogP) is 4.88. The maximum Gasteiger partial charge on any atom is 0.185 e. The van der Waals surface area contributed by atoms with Crippen molar-refractivity contribution < 1.29 is 4.79 Å². The first-order valence-corrected chi connectivity index (χ1v) is 6.27. The number of carbonyl (C=O) groups excluding carboxylic acids is 1. The van der Waals surface area contributed by atoms with E-state index < -0.39 is 0 Å². The zero-order valence-corrected chi connectivity index (χ0v) is 11.1. The lowest BCUT2D eigenvalue weighted by atomic mass is 10.1. The summed E-state index contributed by atoms with van der Waals surface area (Å²) in [6, 6.07) is 14.7. The first kappa shape index (κ1) is 13.3. The van der Waals surface area contributed by atoms with Crippen LogP contribution in [0.4, 0.5) is 0 Å². The molecular weight excluding hydrogens is 256 g/mol. The zero-order chi connectivity index (χ0) is 13.7. The fourth-order valence-corrected chi connectivity index (χ4v) is 1.86. The van der Waals surface area contributed by atoms with Gasteiger partial charge in [-0.15, -0.1) is 0 Å². The molecule has 2 aromatic rings. The number of rotatable bonds is 4. The largest absolute Gasteiger partial charge is 0.289 e. The summed E-state index contributed by atoms with van der Waals surface area (Å²) in [5, 5.41) is 0.657. The number of allylic oxidation sites excluding steroid dienone is 1. The Labute approximate surface area is 117 Å². The van der Waals surface area contributed by atoms with E-state index in [4.69, 9.17) is 11.6 Å². The van der Waals surface area contributed by atoms with E-state index in [0.29, 0.717) is 10.6 Å². The Kier molecular flexibility index (Phi) is 4.32. The van der Waals surface area contributed by atoms with Gasteiger partial charge in [0.05, 0.1) is 0 Å². The molecule has 0 atom stereocenters. The first-order chi connectivity index (χ1) is 9.19. The van der Waals surface area contributed by atoms with Crippen molar-refractivity contribution in [1.29, 1.82) is 0 Å². The second-order valence-electron chi connectivity index (χ2n) is 4.08. The van der Waals surface area contributed by atoms with Crippen molar-refractivity contribution in [2.45, 2.75) is 0 Å². The molecule has 0 fully saturated rings. The SMILES string of the molecule is C=Cc1ccc(C(=O)C=Cc2cccc(Cl)c2)cc1. The van der Waals surface area contributed by atoms with Gasteiger partial charge in [0.1, 0.15) is 0 Å². The van der Waals surface area contributed by atoms with E-state index in [2.05, 4.69) is 6.58 Å². The third-order valence-electron chi connectivity index (χ3n) is 2.71. The second kappa shape index (κ2) is 6.17. The minimum atomic E-state index is -0.0319. The van der Waals surface area contributed by atoms with Crippen LogP contribution in [-0.4, -0.2) is 5.78 Å². The third-order valence-corrected chi connectivity index (χ3v) is 2.94. The predicted molar refractivity (Wildman–Crippen MR) is 81.3 cm³/mol. The maximum absolute atomic E-state index is 12.0. The molecular formula is C17H13ClO. The third kappa shape index (κ3) is 3.67. The average molecular weight is 269 g/mol. The summed E-state index contributed by atoms with van der Waals surface area (Å²) >= 11 is 5.88. The van der Waals surface area contributed by atoms with Gasteiger partial charge in [-0.05, 0) is 29.3 Å². The van der Waals surface area contributed by atoms with Crippen molar-refractivity contribution in [3.63, 3.8) is 0 Å². The molecule has 2 aromatic carbocycles. The minimum Gasteiger partial charge on any atom is -0.289 e. The maximum atomic E-state index is 12.0. The number of halogens is 1. The molecule has 0 N–H and O–H groups in total. The molecule has 0 radical (unpaired) electrons. The fraction of sp³-hybridized carbons (Fsp3) is 0. The van der Waals surface area contributed by atoms with Crippen LogP contribution in [0.3, 0.4) is 0 Å². The lowest BCUT2D eigenvalue weighted by Gasteiger charge is -1.98. The van der Waals surface area contributed by atoms with Crippen LogP contribution in [-0.2, 0) is 0 Å². The van der Waals surface area contributed by atoms with Gasteiger partial charge in [-0.25, -0.2) is 0 Å². The highest BCUT2D eigenvalue weighted by molar-refractivity contribution is 6.30. The van der Waals surface area contributed by atoms with Gasteiger partial charge in [-0.2, -0.15) is 0 Å². The standard InChI is InChI=1S/C17H13ClO/c1-2-13-6-9-15(10-7-13)17(19)11-8-14-4-3-5-16(18)12-14/h2-12H,1H2. The molecule has 2 heteroatoms. The van der Waals surface area contributed by atoms with Crippen molar-refractivity contribution in [2.24, 2.45) is 0 Å². The summed E-state index contributed by atoms with van der Waals surface area (Å²) in [7, 11) is 0. The van der Waals surface area contributed by atoms with Gasteiger partial charge in [0.2, 0.25) is 0 Å². The Balaban J connectivity index is 2.13. The Morgan fingerprint density at radius 1 is 1.05 bits per heavy atom. The van der Waals surface area contributed by atoms with Gasteiger partial charge >= 0.3 is 0 Å². The van der Waals surface area contributed by atoms with Crippen molar-refractivity contribution in [1.82, 2.24) is 0 Å². The van der Waals surface area contributed by atoms with Gasteiger partial charge in [0.15, 0.2) is 5.78 Å². The molecule has 19 heavy (non-hydrogen) atoms. The van der Waals surface area contributed by atoms with E-state index in [0.717, 1.165) is 11.1 Å². The second-order valence-corrected chi connectivity index (χ2v) is 4.52. The lowest BCUT2D eigenvalue weighted by Crippen LogP contribution is -1.93. The van der Waals surface area contributed by atoms with Crippen molar-refractivity contribution >= 4 is 29.5 Å². The molecule has 0 saturated carbocycles. The van der Waals surface area contributed by atoms with Gasteiger partial charge < -0.3 is 0 Å². The summed E-state index contributed by atoms with van der Waals surface area (Å²) in [6.45, 7) is 3.68. The van der Waals surface area contributed by atoms with Crippen LogP contribution in [0.1, 0.15) is 21.5 Å². The van der Waals surface area contributed by atoms with Crippen LogP contribution in [0.2, 0.25) is 5.02 Å². The van der Waals surface area contributed by atoms with Crippen LogP contribution in [0, 0.1) is 0 Å². The molecule has 0 bridgehead atoms. The highest BCUT2D eigenvalue weighted by Gasteiger charge is 2.00. The number of hydrogen-bond acceptors (Lipinski definition) is 1. The van der Waals surface area contributed by atoms with Crippen LogP contribution < -0.4 is 0 Å². The van der Waals surface area contributed by atoms with Gasteiger partial charge in [0.25, 0.3) is 0 Å². The summed E-state index contributed by atoms with van der Waals surface area (Å²) < 4.78 is 0. The Morgan fingerprint density at radius 3 is 2.42 bits per heavy atom. The first-order valence-electron chi connectivity index (χ1n) is 5.89. The Hall–Kier alpha value is -2.12. The average Bonchev–Trinajstić information content (AvgIpc) is 2.45. The van der Waals surface area contributed by atoms with Gasteiger partial charge in [-0.1, -0.05) is 66.7 Å². The molecule has 0 heterocycles. The lowest BCUT2D eigenvalue weighted by molar-refractivity contribution is 0.104. The molecule has 0 aliphatic carbocycles.